The third-order valence-corrected chi connectivity index (χ3v) is 3.39. The van der Waals surface area contributed by atoms with Gasteiger partial charge < -0.3 is 0 Å². The van der Waals surface area contributed by atoms with E-state index in [0.29, 0.717) is 6.04 Å². The molecule has 1 aliphatic heterocycles. The van der Waals surface area contributed by atoms with Crippen LogP contribution in [-0.2, 0) is 0 Å². The van der Waals surface area contributed by atoms with Gasteiger partial charge in [0.1, 0.15) is 0 Å². The highest BCUT2D eigenvalue weighted by molar-refractivity contribution is 5.21. The van der Waals surface area contributed by atoms with Crippen LogP contribution in [0.15, 0.2) is 18.3 Å². The molecule has 1 aromatic heterocycles. The molecule has 1 aliphatic rings. The van der Waals surface area contributed by atoms with Gasteiger partial charge in [-0.05, 0) is 44.5 Å². The Morgan fingerprint density at radius 1 is 1.47 bits per heavy atom. The van der Waals surface area contributed by atoms with Crippen LogP contribution in [0.3, 0.4) is 0 Å². The lowest BCUT2D eigenvalue weighted by Crippen LogP contribution is -2.34. The molecule has 1 fully saturated rings. The van der Waals surface area contributed by atoms with Gasteiger partial charge >= 0.3 is 0 Å². The molecule has 1 aromatic rings. The standard InChI is InChI=1S/C13H20N2/c1-3-15-10-5-4-8-12(15)13-11(2)7-6-9-14-13/h6-7,9,12H,3-5,8,10H2,1-2H3. The molecule has 2 nitrogen and oxygen atoms in total. The molecule has 0 aliphatic carbocycles. The van der Waals surface area contributed by atoms with Crippen molar-refractivity contribution in [2.75, 3.05) is 13.1 Å². The predicted octanol–water partition coefficient (Wildman–Crippen LogP) is 2.94. The molecule has 2 rings (SSSR count). The van der Waals surface area contributed by atoms with Gasteiger partial charge in [0.05, 0.1) is 11.7 Å². The number of hydrogen-bond donors (Lipinski definition) is 0. The highest BCUT2D eigenvalue weighted by Gasteiger charge is 2.24. The Kier molecular flexibility index (Phi) is 3.37. The minimum absolute atomic E-state index is 0.560. The van der Waals surface area contributed by atoms with Gasteiger partial charge in [0, 0.05) is 6.20 Å². The fourth-order valence-corrected chi connectivity index (χ4v) is 2.53. The molecule has 2 heterocycles. The third-order valence-electron chi connectivity index (χ3n) is 3.39. The van der Waals surface area contributed by atoms with E-state index >= 15 is 0 Å². The Labute approximate surface area is 92.3 Å². The second kappa shape index (κ2) is 4.75. The molecule has 0 N–H and O–H groups in total. The van der Waals surface area contributed by atoms with E-state index in [1.54, 1.807) is 0 Å². The van der Waals surface area contributed by atoms with Crippen LogP contribution in [0.4, 0.5) is 0 Å². The number of aromatic nitrogens is 1. The summed E-state index contributed by atoms with van der Waals surface area (Å²) in [4.78, 5) is 7.11. The van der Waals surface area contributed by atoms with E-state index in [1.807, 2.05) is 12.3 Å². The van der Waals surface area contributed by atoms with Crippen molar-refractivity contribution >= 4 is 0 Å². The first-order chi connectivity index (χ1) is 7.33. The van der Waals surface area contributed by atoms with Gasteiger partial charge in [0.25, 0.3) is 0 Å². The van der Waals surface area contributed by atoms with Gasteiger partial charge in [0.15, 0.2) is 0 Å². The second-order valence-electron chi connectivity index (χ2n) is 4.35. The van der Waals surface area contributed by atoms with Crippen LogP contribution in [0, 0.1) is 6.92 Å². The number of piperidine rings is 1. The Morgan fingerprint density at radius 2 is 2.33 bits per heavy atom. The number of hydrogen-bond acceptors (Lipinski definition) is 2. The van der Waals surface area contributed by atoms with Crippen LogP contribution in [-0.4, -0.2) is 23.0 Å². The van der Waals surface area contributed by atoms with E-state index in [2.05, 4.69) is 29.8 Å². The van der Waals surface area contributed by atoms with Crippen LogP contribution >= 0.6 is 0 Å². The van der Waals surface area contributed by atoms with Gasteiger partial charge in [-0.15, -0.1) is 0 Å². The fraction of sp³-hybridized carbons (Fsp3) is 0.615. The zero-order valence-electron chi connectivity index (χ0n) is 9.74. The first-order valence-corrected chi connectivity index (χ1v) is 5.98. The summed E-state index contributed by atoms with van der Waals surface area (Å²) < 4.78 is 0. The minimum atomic E-state index is 0.560. The largest absolute Gasteiger partial charge is 0.295 e. The van der Waals surface area contributed by atoms with Gasteiger partial charge in [-0.25, -0.2) is 0 Å². The number of aryl methyl sites for hydroxylation is 1. The molecule has 0 amide bonds. The summed E-state index contributed by atoms with van der Waals surface area (Å²) in [6.45, 7) is 6.79. The molecular formula is C13H20N2. The molecule has 82 valence electrons. The van der Waals surface area contributed by atoms with E-state index in [-0.39, 0.29) is 0 Å². The number of rotatable bonds is 2. The highest BCUT2D eigenvalue weighted by atomic mass is 15.2. The first-order valence-electron chi connectivity index (χ1n) is 5.98. The lowest BCUT2D eigenvalue weighted by atomic mass is 9.96. The number of nitrogens with zero attached hydrogens (tertiary/aromatic N) is 2. The van der Waals surface area contributed by atoms with Crippen molar-refractivity contribution in [2.45, 2.75) is 39.2 Å². The highest BCUT2D eigenvalue weighted by Crippen LogP contribution is 2.30. The van der Waals surface area contributed by atoms with Crippen molar-refractivity contribution in [3.05, 3.63) is 29.6 Å². The molecule has 2 heteroatoms. The summed E-state index contributed by atoms with van der Waals surface area (Å²) in [5.41, 5.74) is 2.63. The zero-order valence-corrected chi connectivity index (χ0v) is 9.74. The van der Waals surface area contributed by atoms with E-state index in [0.717, 1.165) is 6.54 Å². The van der Waals surface area contributed by atoms with Gasteiger partial charge in [-0.2, -0.15) is 0 Å². The smallest absolute Gasteiger partial charge is 0.0604 e. The molecule has 1 atom stereocenters. The third kappa shape index (κ3) is 2.20. The lowest BCUT2D eigenvalue weighted by molar-refractivity contribution is 0.153. The molecule has 1 unspecified atom stereocenters. The Bertz CT molecular complexity index is 322. The van der Waals surface area contributed by atoms with Crippen LogP contribution in [0.25, 0.3) is 0 Å². The first kappa shape index (κ1) is 10.6. The number of likely N-dealkylation sites (tertiary alicyclic amines) is 1. The van der Waals surface area contributed by atoms with Crippen LogP contribution in [0.1, 0.15) is 43.5 Å². The van der Waals surface area contributed by atoms with E-state index in [4.69, 9.17) is 0 Å². The summed E-state index contributed by atoms with van der Waals surface area (Å²) in [6, 6.07) is 4.76. The van der Waals surface area contributed by atoms with Gasteiger partial charge in [0.2, 0.25) is 0 Å². The Hall–Kier alpha value is -0.890. The summed E-state index contributed by atoms with van der Waals surface area (Å²) >= 11 is 0. The molecule has 15 heavy (non-hydrogen) atoms. The van der Waals surface area contributed by atoms with Crippen molar-refractivity contribution in [1.82, 2.24) is 9.88 Å². The van der Waals surface area contributed by atoms with Crippen molar-refractivity contribution in [3.8, 4) is 0 Å². The number of pyridine rings is 1. The molecule has 0 spiro atoms. The van der Waals surface area contributed by atoms with Crippen LogP contribution < -0.4 is 0 Å². The van der Waals surface area contributed by atoms with Crippen molar-refractivity contribution < 1.29 is 0 Å². The van der Waals surface area contributed by atoms with Crippen LogP contribution in [0.5, 0.6) is 0 Å². The second-order valence-corrected chi connectivity index (χ2v) is 4.35. The van der Waals surface area contributed by atoms with Crippen LogP contribution in [0.2, 0.25) is 0 Å². The monoisotopic (exact) mass is 204 g/mol. The SMILES string of the molecule is CCN1CCCCC1c1ncccc1C. The Morgan fingerprint density at radius 3 is 3.07 bits per heavy atom. The average molecular weight is 204 g/mol. The molecule has 0 aromatic carbocycles. The van der Waals surface area contributed by atoms with Gasteiger partial charge in [-0.1, -0.05) is 19.4 Å². The fourth-order valence-electron chi connectivity index (χ4n) is 2.53. The summed E-state index contributed by atoms with van der Waals surface area (Å²) in [7, 11) is 0. The quantitative estimate of drug-likeness (QED) is 0.736. The Balaban J connectivity index is 2.24. The lowest BCUT2D eigenvalue weighted by Gasteiger charge is -2.35. The summed E-state index contributed by atoms with van der Waals surface area (Å²) in [6.07, 6.45) is 5.88. The zero-order chi connectivity index (χ0) is 10.7. The normalized spacial score (nSPS) is 22.9. The minimum Gasteiger partial charge on any atom is -0.295 e. The molecule has 0 bridgehead atoms. The predicted molar refractivity (Wildman–Crippen MR) is 62.8 cm³/mol. The maximum Gasteiger partial charge on any atom is 0.0604 e. The topological polar surface area (TPSA) is 16.1 Å². The van der Waals surface area contributed by atoms with Crippen molar-refractivity contribution in [1.29, 1.82) is 0 Å². The summed E-state index contributed by atoms with van der Waals surface area (Å²) in [5.74, 6) is 0. The van der Waals surface area contributed by atoms with E-state index in [9.17, 15) is 0 Å². The molecule has 0 saturated carbocycles. The van der Waals surface area contributed by atoms with Gasteiger partial charge in [-0.3, -0.25) is 9.88 Å². The van der Waals surface area contributed by atoms with Crippen molar-refractivity contribution in [2.24, 2.45) is 0 Å². The maximum absolute atomic E-state index is 4.56. The molecule has 1 saturated heterocycles. The maximum atomic E-state index is 4.56. The van der Waals surface area contributed by atoms with E-state index in [1.165, 1.54) is 37.1 Å². The molecular weight excluding hydrogens is 184 g/mol. The average Bonchev–Trinajstić information content (AvgIpc) is 2.30. The van der Waals surface area contributed by atoms with E-state index < -0.39 is 0 Å². The molecule has 0 radical (unpaired) electrons. The van der Waals surface area contributed by atoms with Crippen molar-refractivity contribution in [3.63, 3.8) is 0 Å². The summed E-state index contributed by atoms with van der Waals surface area (Å²) in [5, 5.41) is 0.